The molecule has 1 N–H and O–H groups in total. The second-order valence-electron chi connectivity index (χ2n) is 4.98. The van der Waals surface area contributed by atoms with E-state index in [-0.39, 0.29) is 30.1 Å². The molecular formula is C15H17NO4S. The van der Waals surface area contributed by atoms with Gasteiger partial charge >= 0.3 is 0 Å². The smallest absolute Gasteiger partial charge is 0.255 e. The van der Waals surface area contributed by atoms with Gasteiger partial charge in [0.1, 0.15) is 6.61 Å². The second-order valence-corrected chi connectivity index (χ2v) is 7.21. The Labute approximate surface area is 124 Å². The predicted molar refractivity (Wildman–Crippen MR) is 79.6 cm³/mol. The van der Waals surface area contributed by atoms with Crippen LogP contribution in [0, 0.1) is 11.8 Å². The van der Waals surface area contributed by atoms with E-state index in [0.29, 0.717) is 17.5 Å². The lowest BCUT2D eigenvalue weighted by Crippen LogP contribution is -2.38. The molecule has 21 heavy (non-hydrogen) atoms. The maximum Gasteiger partial charge on any atom is 0.255 e. The van der Waals surface area contributed by atoms with Crippen molar-refractivity contribution >= 4 is 15.7 Å². The van der Waals surface area contributed by atoms with Crippen LogP contribution < -0.4 is 0 Å². The lowest BCUT2D eigenvalue weighted by Gasteiger charge is -2.24. The Morgan fingerprint density at radius 3 is 2.76 bits per heavy atom. The minimum absolute atomic E-state index is 0.0136. The zero-order valence-corrected chi connectivity index (χ0v) is 12.6. The van der Waals surface area contributed by atoms with E-state index in [0.717, 1.165) is 0 Å². The number of carbonyl (C=O) groups excluding carboxylic acids is 1. The minimum Gasteiger partial charge on any atom is -0.384 e. The fourth-order valence-corrected chi connectivity index (χ4v) is 4.12. The number of aliphatic hydroxyl groups is 1. The molecule has 1 aliphatic heterocycles. The molecule has 0 spiro atoms. The highest BCUT2D eigenvalue weighted by atomic mass is 32.2. The number of carbonyl (C=O) groups is 1. The molecule has 0 aromatic heterocycles. The third-order valence-electron chi connectivity index (χ3n) is 3.54. The van der Waals surface area contributed by atoms with Gasteiger partial charge in [0.2, 0.25) is 0 Å². The lowest BCUT2D eigenvalue weighted by molar-refractivity contribution is 0.0747. The van der Waals surface area contributed by atoms with Crippen molar-refractivity contribution in [2.24, 2.45) is 0 Å². The van der Waals surface area contributed by atoms with Crippen LogP contribution in [0.5, 0.6) is 0 Å². The number of hydrogen-bond donors (Lipinski definition) is 1. The summed E-state index contributed by atoms with van der Waals surface area (Å²) in [6.45, 7) is -0.279. The monoisotopic (exact) mass is 307 g/mol. The summed E-state index contributed by atoms with van der Waals surface area (Å²) < 4.78 is 23.0. The summed E-state index contributed by atoms with van der Waals surface area (Å²) in [4.78, 5) is 14.0. The molecule has 6 heteroatoms. The highest BCUT2D eigenvalue weighted by Crippen LogP contribution is 2.19. The summed E-state index contributed by atoms with van der Waals surface area (Å²) in [7, 11) is -1.42. The molecular weight excluding hydrogens is 290 g/mol. The van der Waals surface area contributed by atoms with Crippen LogP contribution in [0.2, 0.25) is 0 Å². The van der Waals surface area contributed by atoms with E-state index in [1.165, 1.54) is 4.90 Å². The van der Waals surface area contributed by atoms with Gasteiger partial charge < -0.3 is 10.0 Å². The number of benzene rings is 1. The molecule has 0 saturated carbocycles. The summed E-state index contributed by atoms with van der Waals surface area (Å²) in [5.41, 5.74) is 0.953. The first-order valence-corrected chi connectivity index (χ1v) is 8.43. The standard InChI is InChI=1S/C15H17NO4S/c1-16(13-8-10-21(19,20)11-13)15(18)14-7-3-2-5-12(14)6-4-9-17/h2-3,5,7,13,17H,8-11H2,1H3. The maximum absolute atomic E-state index is 12.5. The van der Waals surface area contributed by atoms with Crippen LogP contribution in [0.1, 0.15) is 22.3 Å². The van der Waals surface area contributed by atoms with Crippen LogP contribution in [-0.4, -0.2) is 55.5 Å². The predicted octanol–water partition coefficient (Wildman–Crippen LogP) is 0.290. The van der Waals surface area contributed by atoms with Crippen molar-refractivity contribution in [2.45, 2.75) is 12.5 Å². The average molecular weight is 307 g/mol. The average Bonchev–Trinajstić information content (AvgIpc) is 2.84. The summed E-state index contributed by atoms with van der Waals surface area (Å²) >= 11 is 0. The lowest BCUT2D eigenvalue weighted by atomic mass is 10.1. The molecule has 0 aliphatic carbocycles. The zero-order valence-electron chi connectivity index (χ0n) is 11.7. The van der Waals surface area contributed by atoms with E-state index in [2.05, 4.69) is 11.8 Å². The van der Waals surface area contributed by atoms with Crippen molar-refractivity contribution in [1.82, 2.24) is 4.90 Å². The molecule has 1 unspecified atom stereocenters. The molecule has 0 radical (unpaired) electrons. The van der Waals surface area contributed by atoms with Crippen molar-refractivity contribution < 1.29 is 18.3 Å². The van der Waals surface area contributed by atoms with E-state index in [9.17, 15) is 13.2 Å². The van der Waals surface area contributed by atoms with Crippen molar-refractivity contribution in [3.05, 3.63) is 35.4 Å². The number of nitrogens with zero attached hydrogens (tertiary/aromatic N) is 1. The molecule has 1 fully saturated rings. The highest BCUT2D eigenvalue weighted by molar-refractivity contribution is 7.91. The summed E-state index contributed by atoms with van der Waals surface area (Å²) in [6, 6.07) is 6.56. The molecule has 1 aliphatic rings. The SMILES string of the molecule is CN(C(=O)c1ccccc1C#CCO)C1CCS(=O)(=O)C1. The first-order chi connectivity index (χ1) is 9.94. The Bertz CT molecular complexity index is 700. The van der Waals surface area contributed by atoms with Gasteiger partial charge in [-0.25, -0.2) is 8.42 Å². The van der Waals surface area contributed by atoms with E-state index in [1.807, 2.05) is 0 Å². The molecule has 1 amide bonds. The summed E-state index contributed by atoms with van der Waals surface area (Å²) in [5.74, 6) is 5.15. The van der Waals surface area contributed by atoms with Gasteiger partial charge in [-0.05, 0) is 18.6 Å². The van der Waals surface area contributed by atoms with Crippen LogP contribution in [-0.2, 0) is 9.84 Å². The molecule has 2 rings (SSSR count). The van der Waals surface area contributed by atoms with E-state index >= 15 is 0 Å². The molecule has 0 bridgehead atoms. The summed E-state index contributed by atoms with van der Waals surface area (Å²) in [5, 5.41) is 8.76. The highest BCUT2D eigenvalue weighted by Gasteiger charge is 2.33. The van der Waals surface area contributed by atoms with Crippen LogP contribution in [0.15, 0.2) is 24.3 Å². The van der Waals surface area contributed by atoms with E-state index in [1.54, 1.807) is 31.3 Å². The van der Waals surface area contributed by atoms with Crippen LogP contribution in [0.4, 0.5) is 0 Å². The molecule has 1 heterocycles. The van der Waals surface area contributed by atoms with Gasteiger partial charge in [-0.2, -0.15) is 0 Å². The number of hydrogen-bond acceptors (Lipinski definition) is 4. The normalized spacial score (nSPS) is 19.6. The maximum atomic E-state index is 12.5. The number of sulfone groups is 1. The van der Waals surface area contributed by atoms with E-state index < -0.39 is 9.84 Å². The van der Waals surface area contributed by atoms with Crippen molar-refractivity contribution in [1.29, 1.82) is 0 Å². The number of aliphatic hydroxyl groups excluding tert-OH is 1. The van der Waals surface area contributed by atoms with E-state index in [4.69, 9.17) is 5.11 Å². The van der Waals surface area contributed by atoms with Crippen LogP contribution in [0.3, 0.4) is 0 Å². The Morgan fingerprint density at radius 2 is 2.14 bits per heavy atom. The van der Waals surface area contributed by atoms with Gasteiger partial charge in [0.05, 0.1) is 17.1 Å². The Morgan fingerprint density at radius 1 is 1.43 bits per heavy atom. The van der Waals surface area contributed by atoms with Crippen LogP contribution in [0.25, 0.3) is 0 Å². The quantitative estimate of drug-likeness (QED) is 0.797. The molecule has 1 saturated heterocycles. The second kappa shape index (κ2) is 6.29. The topological polar surface area (TPSA) is 74.7 Å². The third kappa shape index (κ3) is 3.63. The first-order valence-electron chi connectivity index (χ1n) is 6.61. The fraction of sp³-hybridized carbons (Fsp3) is 0.400. The Kier molecular flexibility index (Phi) is 4.66. The third-order valence-corrected chi connectivity index (χ3v) is 5.29. The first kappa shape index (κ1) is 15.5. The van der Waals surface area contributed by atoms with Crippen molar-refractivity contribution in [3.63, 3.8) is 0 Å². The minimum atomic E-state index is -3.04. The van der Waals surface area contributed by atoms with Gasteiger partial charge in [-0.15, -0.1) is 0 Å². The molecule has 1 aromatic carbocycles. The van der Waals surface area contributed by atoms with Gasteiger partial charge in [0, 0.05) is 18.7 Å². The van der Waals surface area contributed by atoms with Gasteiger partial charge in [0.15, 0.2) is 9.84 Å². The van der Waals surface area contributed by atoms with Gasteiger partial charge in [-0.3, -0.25) is 4.79 Å². The molecule has 1 atom stereocenters. The van der Waals surface area contributed by atoms with Gasteiger partial charge in [0.25, 0.3) is 5.91 Å². The fourth-order valence-electron chi connectivity index (χ4n) is 2.35. The van der Waals surface area contributed by atoms with Crippen molar-refractivity contribution in [2.75, 3.05) is 25.2 Å². The van der Waals surface area contributed by atoms with Crippen molar-refractivity contribution in [3.8, 4) is 11.8 Å². The zero-order chi connectivity index (χ0) is 15.5. The van der Waals surface area contributed by atoms with Gasteiger partial charge in [-0.1, -0.05) is 24.0 Å². The Hall–Kier alpha value is -1.84. The largest absolute Gasteiger partial charge is 0.384 e. The summed E-state index contributed by atoms with van der Waals surface area (Å²) in [6.07, 6.45) is 0.467. The number of amides is 1. The van der Waals surface area contributed by atoms with Crippen LogP contribution >= 0.6 is 0 Å². The number of rotatable bonds is 2. The molecule has 5 nitrogen and oxygen atoms in total. The molecule has 1 aromatic rings. The molecule has 112 valence electrons. The Balaban J connectivity index is 2.24.